The van der Waals surface area contributed by atoms with Crippen molar-refractivity contribution in [3.8, 4) is 0 Å². The Kier molecular flexibility index (Phi) is 4.04. The number of carbonyl (C=O) groups is 1. The molecule has 2 rings (SSSR count). The second kappa shape index (κ2) is 5.73. The number of nitrogens with one attached hydrogen (secondary N) is 1. The predicted molar refractivity (Wildman–Crippen MR) is 72.1 cm³/mol. The number of aromatic nitrogens is 2. The van der Waals surface area contributed by atoms with Gasteiger partial charge < -0.3 is 5.32 Å². The molecule has 0 aromatic carbocycles. The molecule has 0 bridgehead atoms. The first-order valence-electron chi connectivity index (χ1n) is 5.45. The van der Waals surface area contributed by atoms with Crippen LogP contribution in [0.2, 0.25) is 0 Å². The molecule has 92 valence electrons. The summed E-state index contributed by atoms with van der Waals surface area (Å²) in [6, 6.07) is 5.60. The van der Waals surface area contributed by atoms with Crippen LogP contribution >= 0.6 is 15.9 Å². The van der Waals surface area contributed by atoms with Crippen molar-refractivity contribution >= 4 is 21.8 Å². The van der Waals surface area contributed by atoms with Crippen LogP contribution in [0.5, 0.6) is 0 Å². The van der Waals surface area contributed by atoms with Crippen molar-refractivity contribution in [3.05, 3.63) is 58.1 Å². The highest BCUT2D eigenvalue weighted by molar-refractivity contribution is 9.10. The third kappa shape index (κ3) is 3.37. The van der Waals surface area contributed by atoms with Gasteiger partial charge in [-0.15, -0.1) is 0 Å². The maximum atomic E-state index is 11.8. The van der Waals surface area contributed by atoms with Gasteiger partial charge in [0.2, 0.25) is 0 Å². The molecule has 0 aliphatic carbocycles. The number of hydrogen-bond donors (Lipinski definition) is 1. The van der Waals surface area contributed by atoms with Gasteiger partial charge in [0, 0.05) is 35.3 Å². The molecular weight excluding hydrogens is 294 g/mol. The Morgan fingerprint density at radius 3 is 2.83 bits per heavy atom. The summed E-state index contributed by atoms with van der Waals surface area (Å²) in [5, 5.41) is 2.82. The zero-order valence-corrected chi connectivity index (χ0v) is 11.4. The van der Waals surface area contributed by atoms with E-state index in [4.69, 9.17) is 0 Å². The molecule has 0 fully saturated rings. The average Bonchev–Trinajstić information content (AvgIpc) is 2.38. The van der Waals surface area contributed by atoms with Gasteiger partial charge in [-0.2, -0.15) is 0 Å². The minimum atomic E-state index is -0.149. The van der Waals surface area contributed by atoms with Gasteiger partial charge in [-0.3, -0.25) is 14.8 Å². The minimum absolute atomic E-state index is 0.149. The third-order valence-corrected chi connectivity index (χ3v) is 2.83. The van der Waals surface area contributed by atoms with Crippen LogP contribution < -0.4 is 5.32 Å². The molecule has 0 aliphatic rings. The maximum absolute atomic E-state index is 11.8. The van der Waals surface area contributed by atoms with Crippen molar-refractivity contribution in [2.45, 2.75) is 13.5 Å². The predicted octanol–water partition coefficient (Wildman–Crippen LogP) is 2.48. The van der Waals surface area contributed by atoms with Crippen molar-refractivity contribution in [1.29, 1.82) is 0 Å². The van der Waals surface area contributed by atoms with E-state index in [9.17, 15) is 4.79 Å². The first kappa shape index (κ1) is 12.7. The van der Waals surface area contributed by atoms with Gasteiger partial charge in [0.25, 0.3) is 5.91 Å². The lowest BCUT2D eigenvalue weighted by molar-refractivity contribution is 0.0950. The first-order chi connectivity index (χ1) is 8.65. The summed E-state index contributed by atoms with van der Waals surface area (Å²) in [7, 11) is 0. The maximum Gasteiger partial charge on any atom is 0.253 e. The summed E-state index contributed by atoms with van der Waals surface area (Å²) in [5.41, 5.74) is 2.46. The molecular formula is C13H12BrN3O. The van der Waals surface area contributed by atoms with E-state index >= 15 is 0 Å². The van der Waals surface area contributed by atoms with Gasteiger partial charge in [0.1, 0.15) is 0 Å². The Morgan fingerprint density at radius 1 is 1.33 bits per heavy atom. The van der Waals surface area contributed by atoms with Crippen LogP contribution in [0.1, 0.15) is 21.6 Å². The van der Waals surface area contributed by atoms with Gasteiger partial charge in [-0.1, -0.05) is 6.07 Å². The molecule has 4 nitrogen and oxygen atoms in total. The lowest BCUT2D eigenvalue weighted by Gasteiger charge is -2.05. The van der Waals surface area contributed by atoms with Gasteiger partial charge >= 0.3 is 0 Å². The Hall–Kier alpha value is -1.75. The quantitative estimate of drug-likeness (QED) is 0.948. The molecule has 0 saturated carbocycles. The summed E-state index contributed by atoms with van der Waals surface area (Å²) < 4.78 is 0.784. The summed E-state index contributed by atoms with van der Waals surface area (Å²) in [4.78, 5) is 20.0. The second-order valence-electron chi connectivity index (χ2n) is 3.88. The highest BCUT2D eigenvalue weighted by atomic mass is 79.9. The topological polar surface area (TPSA) is 54.9 Å². The van der Waals surface area contributed by atoms with E-state index < -0.39 is 0 Å². The highest BCUT2D eigenvalue weighted by Crippen LogP contribution is 2.09. The summed E-state index contributed by atoms with van der Waals surface area (Å²) in [5.74, 6) is -0.149. The van der Waals surface area contributed by atoms with E-state index in [0.717, 1.165) is 15.7 Å². The summed E-state index contributed by atoms with van der Waals surface area (Å²) in [6.07, 6.45) is 4.93. The van der Waals surface area contributed by atoms with Crippen LogP contribution in [0.15, 0.2) is 41.3 Å². The van der Waals surface area contributed by atoms with Crippen LogP contribution in [-0.2, 0) is 6.54 Å². The number of nitrogens with zero attached hydrogens (tertiary/aromatic N) is 2. The molecule has 1 amide bonds. The molecule has 0 spiro atoms. The largest absolute Gasteiger partial charge is 0.348 e. The van der Waals surface area contributed by atoms with E-state index in [0.29, 0.717) is 12.1 Å². The number of rotatable bonds is 3. The molecule has 0 atom stereocenters. The Bertz CT molecular complexity index is 554. The standard InChI is InChI=1S/C13H12BrN3O/c1-9-2-3-10(5-16-9)6-17-13(18)11-4-12(14)8-15-7-11/h2-5,7-8H,6H2,1H3,(H,17,18). The van der Waals surface area contributed by atoms with Crippen LogP contribution in [0.4, 0.5) is 0 Å². The number of amides is 1. The zero-order chi connectivity index (χ0) is 13.0. The zero-order valence-electron chi connectivity index (χ0n) is 9.85. The van der Waals surface area contributed by atoms with E-state index in [1.54, 1.807) is 18.5 Å². The third-order valence-electron chi connectivity index (χ3n) is 2.39. The molecule has 0 saturated heterocycles. The number of halogens is 1. The van der Waals surface area contributed by atoms with Crippen LogP contribution in [-0.4, -0.2) is 15.9 Å². The van der Waals surface area contributed by atoms with E-state index in [2.05, 4.69) is 31.2 Å². The highest BCUT2D eigenvalue weighted by Gasteiger charge is 2.06. The lowest BCUT2D eigenvalue weighted by Crippen LogP contribution is -2.23. The normalized spacial score (nSPS) is 10.1. The van der Waals surface area contributed by atoms with Gasteiger partial charge in [-0.05, 0) is 40.5 Å². The van der Waals surface area contributed by atoms with Gasteiger partial charge in [0.15, 0.2) is 0 Å². The summed E-state index contributed by atoms with van der Waals surface area (Å²) in [6.45, 7) is 2.38. The molecule has 1 N–H and O–H groups in total. The van der Waals surface area contributed by atoms with Crippen molar-refractivity contribution < 1.29 is 4.79 Å². The van der Waals surface area contributed by atoms with Gasteiger partial charge in [0.05, 0.1) is 5.56 Å². The van der Waals surface area contributed by atoms with Crippen LogP contribution in [0, 0.1) is 6.92 Å². The van der Waals surface area contributed by atoms with Crippen LogP contribution in [0.3, 0.4) is 0 Å². The smallest absolute Gasteiger partial charge is 0.253 e. The fourth-order valence-corrected chi connectivity index (χ4v) is 1.79. The molecule has 5 heteroatoms. The van der Waals surface area contributed by atoms with Crippen molar-refractivity contribution in [1.82, 2.24) is 15.3 Å². The van der Waals surface area contributed by atoms with Gasteiger partial charge in [-0.25, -0.2) is 0 Å². The van der Waals surface area contributed by atoms with Crippen molar-refractivity contribution in [3.63, 3.8) is 0 Å². The monoisotopic (exact) mass is 305 g/mol. The van der Waals surface area contributed by atoms with Crippen molar-refractivity contribution in [2.75, 3.05) is 0 Å². The minimum Gasteiger partial charge on any atom is -0.348 e. The molecule has 2 aromatic heterocycles. The second-order valence-corrected chi connectivity index (χ2v) is 4.80. The van der Waals surface area contributed by atoms with Crippen molar-refractivity contribution in [2.24, 2.45) is 0 Å². The van der Waals surface area contributed by atoms with Crippen LogP contribution in [0.25, 0.3) is 0 Å². The number of hydrogen-bond acceptors (Lipinski definition) is 3. The lowest BCUT2D eigenvalue weighted by atomic mass is 10.2. The number of pyridine rings is 2. The Balaban J connectivity index is 1.98. The number of carbonyl (C=O) groups excluding carboxylic acids is 1. The number of aryl methyl sites for hydroxylation is 1. The average molecular weight is 306 g/mol. The van der Waals surface area contributed by atoms with E-state index in [1.165, 1.54) is 6.20 Å². The SMILES string of the molecule is Cc1ccc(CNC(=O)c2cncc(Br)c2)cn1. The first-order valence-corrected chi connectivity index (χ1v) is 6.25. The molecule has 0 unspecified atom stereocenters. The fraction of sp³-hybridized carbons (Fsp3) is 0.154. The van der Waals surface area contributed by atoms with E-state index in [1.807, 2.05) is 19.1 Å². The molecule has 0 aliphatic heterocycles. The molecule has 2 heterocycles. The van der Waals surface area contributed by atoms with E-state index in [-0.39, 0.29) is 5.91 Å². The Labute approximate surface area is 114 Å². The summed E-state index contributed by atoms with van der Waals surface area (Å²) >= 11 is 3.28. The molecule has 2 aromatic rings. The molecule has 18 heavy (non-hydrogen) atoms. The Morgan fingerprint density at radius 2 is 2.17 bits per heavy atom. The molecule has 0 radical (unpaired) electrons. The fourth-order valence-electron chi connectivity index (χ4n) is 1.42.